The number of hydrogen-bond donors (Lipinski definition) is 1. The summed E-state index contributed by atoms with van der Waals surface area (Å²) in [6.07, 6.45) is 0.817. The van der Waals surface area contributed by atoms with Gasteiger partial charge in [0.1, 0.15) is 5.75 Å². The minimum absolute atomic E-state index is 0. The summed E-state index contributed by atoms with van der Waals surface area (Å²) in [6, 6.07) is 14.0. The third kappa shape index (κ3) is 7.30. The number of ether oxygens (including phenoxy) is 3. The maximum absolute atomic E-state index is 5.46. The summed E-state index contributed by atoms with van der Waals surface area (Å²) >= 11 is 0. The average Bonchev–Trinajstić information content (AvgIpc) is 2.73. The van der Waals surface area contributed by atoms with Crippen LogP contribution in [0.3, 0.4) is 0 Å². The van der Waals surface area contributed by atoms with Crippen LogP contribution < -0.4 is 19.5 Å². The highest BCUT2D eigenvalue weighted by atomic mass is 127. The van der Waals surface area contributed by atoms with Crippen LogP contribution >= 0.6 is 24.0 Å². The molecule has 160 valence electrons. The summed E-state index contributed by atoms with van der Waals surface area (Å²) in [7, 11) is 7.02. The van der Waals surface area contributed by atoms with Gasteiger partial charge in [-0.3, -0.25) is 4.99 Å². The molecule has 0 heterocycles. The second-order valence-corrected chi connectivity index (χ2v) is 6.34. The molecule has 0 spiro atoms. The van der Waals surface area contributed by atoms with Crippen LogP contribution in [0.4, 0.5) is 0 Å². The Labute approximate surface area is 191 Å². The van der Waals surface area contributed by atoms with Crippen LogP contribution in [0.5, 0.6) is 17.2 Å². The third-order valence-electron chi connectivity index (χ3n) is 4.41. The molecule has 2 rings (SSSR count). The highest BCUT2D eigenvalue weighted by molar-refractivity contribution is 14.0. The van der Waals surface area contributed by atoms with Crippen molar-refractivity contribution >= 4 is 29.9 Å². The summed E-state index contributed by atoms with van der Waals surface area (Å²) < 4.78 is 16.1. The van der Waals surface area contributed by atoms with E-state index in [0.29, 0.717) is 13.1 Å². The predicted molar refractivity (Wildman–Crippen MR) is 129 cm³/mol. The van der Waals surface area contributed by atoms with Gasteiger partial charge in [0, 0.05) is 32.2 Å². The lowest BCUT2D eigenvalue weighted by Gasteiger charge is -2.23. The van der Waals surface area contributed by atoms with Crippen LogP contribution in [-0.4, -0.2) is 52.3 Å². The van der Waals surface area contributed by atoms with Crippen LogP contribution in [0.15, 0.2) is 47.5 Å². The van der Waals surface area contributed by atoms with E-state index in [-0.39, 0.29) is 24.0 Å². The number of nitrogens with one attached hydrogen (secondary N) is 1. The number of halogens is 1. The normalized spacial score (nSPS) is 10.7. The molecule has 0 aromatic heterocycles. The summed E-state index contributed by atoms with van der Waals surface area (Å²) in [5.74, 6) is 3.23. The van der Waals surface area contributed by atoms with E-state index in [1.165, 1.54) is 0 Å². The molecule has 0 radical (unpaired) electrons. The second-order valence-electron chi connectivity index (χ2n) is 6.34. The lowest BCUT2D eigenvalue weighted by molar-refractivity contribution is 0.354. The molecule has 0 aliphatic rings. The van der Waals surface area contributed by atoms with Crippen molar-refractivity contribution < 1.29 is 14.2 Å². The Hall–Kier alpha value is -2.16. The first kappa shape index (κ1) is 24.9. The number of hydrogen-bond acceptors (Lipinski definition) is 4. The van der Waals surface area contributed by atoms with Crippen molar-refractivity contribution in [2.24, 2.45) is 4.99 Å². The largest absolute Gasteiger partial charge is 0.496 e. The van der Waals surface area contributed by atoms with E-state index in [2.05, 4.69) is 23.2 Å². The van der Waals surface area contributed by atoms with E-state index in [9.17, 15) is 0 Å². The zero-order chi connectivity index (χ0) is 20.4. The number of nitrogens with zero attached hydrogens (tertiary/aromatic N) is 2. The Kier molecular flexibility index (Phi) is 11.3. The molecule has 6 nitrogen and oxygen atoms in total. The van der Waals surface area contributed by atoms with Gasteiger partial charge in [-0.25, -0.2) is 0 Å². The summed E-state index contributed by atoms with van der Waals surface area (Å²) in [6.45, 7) is 4.27. The highest BCUT2D eigenvalue weighted by Gasteiger charge is 2.10. The average molecular weight is 513 g/mol. The zero-order valence-electron chi connectivity index (χ0n) is 17.9. The minimum Gasteiger partial charge on any atom is -0.496 e. The number of rotatable bonds is 9. The van der Waals surface area contributed by atoms with E-state index in [0.717, 1.165) is 47.3 Å². The first-order valence-electron chi connectivity index (χ1n) is 9.45. The van der Waals surface area contributed by atoms with Crippen molar-refractivity contribution in [3.05, 3.63) is 53.6 Å². The highest BCUT2D eigenvalue weighted by Crippen LogP contribution is 2.27. The molecule has 2 aromatic rings. The van der Waals surface area contributed by atoms with Gasteiger partial charge < -0.3 is 24.4 Å². The van der Waals surface area contributed by atoms with Gasteiger partial charge in [-0.1, -0.05) is 24.3 Å². The number of benzene rings is 2. The molecule has 0 saturated carbocycles. The molecule has 0 aliphatic heterocycles. The quantitative estimate of drug-likeness (QED) is 0.313. The number of aliphatic imine (C=N–C) groups is 1. The van der Waals surface area contributed by atoms with E-state index >= 15 is 0 Å². The lowest BCUT2D eigenvalue weighted by atomic mass is 10.1. The maximum Gasteiger partial charge on any atom is 0.193 e. The molecule has 0 fully saturated rings. The van der Waals surface area contributed by atoms with E-state index in [1.807, 2.05) is 43.4 Å². The van der Waals surface area contributed by atoms with Crippen molar-refractivity contribution in [1.82, 2.24) is 10.2 Å². The molecule has 0 aliphatic carbocycles. The Morgan fingerprint density at radius 1 is 0.966 bits per heavy atom. The Morgan fingerprint density at radius 3 is 2.31 bits per heavy atom. The molecule has 2 aromatic carbocycles. The van der Waals surface area contributed by atoms with Crippen LogP contribution in [-0.2, 0) is 13.0 Å². The second kappa shape index (κ2) is 13.1. The van der Waals surface area contributed by atoms with Gasteiger partial charge in [-0.05, 0) is 37.1 Å². The molecular formula is C22H32IN3O3. The molecule has 1 N–H and O–H groups in total. The van der Waals surface area contributed by atoms with Gasteiger partial charge >= 0.3 is 0 Å². The number of para-hydroxylation sites is 1. The van der Waals surface area contributed by atoms with Crippen molar-refractivity contribution in [3.63, 3.8) is 0 Å². The molecular weight excluding hydrogens is 481 g/mol. The Bertz CT molecular complexity index is 784. The van der Waals surface area contributed by atoms with Gasteiger partial charge in [-0.2, -0.15) is 0 Å². The third-order valence-corrected chi connectivity index (χ3v) is 4.41. The smallest absolute Gasteiger partial charge is 0.193 e. The topological polar surface area (TPSA) is 55.3 Å². The monoisotopic (exact) mass is 513 g/mol. The summed E-state index contributed by atoms with van der Waals surface area (Å²) in [5.41, 5.74) is 2.28. The summed E-state index contributed by atoms with van der Waals surface area (Å²) in [5, 5.41) is 3.36. The molecule has 0 saturated heterocycles. The Morgan fingerprint density at radius 2 is 1.66 bits per heavy atom. The van der Waals surface area contributed by atoms with E-state index in [4.69, 9.17) is 19.2 Å². The van der Waals surface area contributed by atoms with E-state index < -0.39 is 0 Å². The van der Waals surface area contributed by atoms with Crippen molar-refractivity contribution in [1.29, 1.82) is 0 Å². The van der Waals surface area contributed by atoms with Gasteiger partial charge in [0.15, 0.2) is 17.5 Å². The van der Waals surface area contributed by atoms with E-state index in [1.54, 1.807) is 21.3 Å². The van der Waals surface area contributed by atoms with Crippen molar-refractivity contribution in [2.45, 2.75) is 19.9 Å². The molecule has 0 unspecified atom stereocenters. The Balaban J connectivity index is 0.00000420. The summed E-state index contributed by atoms with van der Waals surface area (Å²) in [4.78, 5) is 6.88. The fourth-order valence-electron chi connectivity index (χ4n) is 2.96. The van der Waals surface area contributed by atoms with Crippen LogP contribution in [0.1, 0.15) is 18.1 Å². The standard InChI is InChI=1S/C22H31N3O3.HI/c1-6-23-22(25(2)16-18-9-7-8-10-19(18)26-3)24-14-13-17-11-12-20(27-4)21(15-17)28-5;/h7-12,15H,6,13-14,16H2,1-5H3,(H,23,24);1H. The molecule has 7 heteroatoms. The van der Waals surface area contributed by atoms with Gasteiger partial charge in [0.05, 0.1) is 21.3 Å². The number of methoxy groups -OCH3 is 3. The molecule has 0 bridgehead atoms. The minimum atomic E-state index is 0. The van der Waals surface area contributed by atoms with Gasteiger partial charge in [-0.15, -0.1) is 24.0 Å². The fourth-order valence-corrected chi connectivity index (χ4v) is 2.96. The fraction of sp³-hybridized carbons (Fsp3) is 0.409. The zero-order valence-corrected chi connectivity index (χ0v) is 20.2. The van der Waals surface area contributed by atoms with Crippen LogP contribution in [0.2, 0.25) is 0 Å². The predicted octanol–water partition coefficient (Wildman–Crippen LogP) is 3.97. The number of guanidine groups is 1. The first-order valence-corrected chi connectivity index (χ1v) is 9.45. The molecule has 0 atom stereocenters. The molecule has 0 amide bonds. The maximum atomic E-state index is 5.46. The lowest BCUT2D eigenvalue weighted by Crippen LogP contribution is -2.38. The first-order chi connectivity index (χ1) is 13.6. The van der Waals surface area contributed by atoms with Crippen LogP contribution in [0, 0.1) is 0 Å². The van der Waals surface area contributed by atoms with Gasteiger partial charge in [0.2, 0.25) is 0 Å². The van der Waals surface area contributed by atoms with Crippen molar-refractivity contribution in [2.75, 3.05) is 41.5 Å². The van der Waals surface area contributed by atoms with Crippen molar-refractivity contribution in [3.8, 4) is 17.2 Å². The van der Waals surface area contributed by atoms with Gasteiger partial charge in [0.25, 0.3) is 0 Å². The molecule has 29 heavy (non-hydrogen) atoms. The van der Waals surface area contributed by atoms with Crippen LogP contribution in [0.25, 0.3) is 0 Å². The SMILES string of the molecule is CCNC(=NCCc1ccc(OC)c(OC)c1)N(C)Cc1ccccc1OC.I.